The van der Waals surface area contributed by atoms with Crippen LogP contribution in [0.2, 0.25) is 0 Å². The van der Waals surface area contributed by atoms with Gasteiger partial charge >= 0.3 is 0 Å². The van der Waals surface area contributed by atoms with Crippen LogP contribution >= 0.6 is 0 Å². The van der Waals surface area contributed by atoms with E-state index in [1.807, 2.05) is 24.8 Å². The fraction of sp³-hybridized carbons (Fsp3) is 0.368. The van der Waals surface area contributed by atoms with Gasteiger partial charge < -0.3 is 20.7 Å². The zero-order valence-corrected chi connectivity index (χ0v) is 15.3. The maximum Gasteiger partial charge on any atom is 0.292 e. The number of rotatable bonds is 5. The zero-order chi connectivity index (χ0) is 19.6. The van der Waals surface area contributed by atoms with Crippen molar-refractivity contribution in [1.29, 1.82) is 0 Å². The quantitative estimate of drug-likeness (QED) is 0.472. The Labute approximate surface area is 157 Å². The van der Waals surface area contributed by atoms with Crippen LogP contribution < -0.4 is 16.0 Å². The van der Waals surface area contributed by atoms with Crippen LogP contribution in [0.15, 0.2) is 36.4 Å². The molecular formula is C19H23FN4O3. The Balaban J connectivity index is 1.73. The van der Waals surface area contributed by atoms with E-state index in [-0.39, 0.29) is 30.3 Å². The molecule has 0 aliphatic carbocycles. The molecule has 2 aromatic carbocycles. The van der Waals surface area contributed by atoms with E-state index in [0.717, 1.165) is 0 Å². The molecule has 0 spiro atoms. The van der Waals surface area contributed by atoms with Crippen LogP contribution in [-0.4, -0.2) is 30.2 Å². The molecule has 0 saturated carbocycles. The largest absolute Gasteiger partial charge is 0.399 e. The lowest BCUT2D eigenvalue weighted by Gasteiger charge is -2.37. The van der Waals surface area contributed by atoms with Crippen molar-refractivity contribution in [2.45, 2.75) is 32.6 Å². The molecule has 7 nitrogen and oxygen atoms in total. The first-order chi connectivity index (χ1) is 12.8. The highest BCUT2D eigenvalue weighted by molar-refractivity contribution is 5.67. The monoisotopic (exact) mass is 374 g/mol. The van der Waals surface area contributed by atoms with Gasteiger partial charge in [0.1, 0.15) is 11.5 Å². The molecule has 3 N–H and O–H groups in total. The van der Waals surface area contributed by atoms with Crippen LogP contribution in [0.5, 0.6) is 0 Å². The van der Waals surface area contributed by atoms with Crippen LogP contribution in [0.1, 0.15) is 19.4 Å². The zero-order valence-electron chi connectivity index (χ0n) is 15.3. The number of nitrogens with zero attached hydrogens (tertiary/aromatic N) is 2. The van der Waals surface area contributed by atoms with Gasteiger partial charge in [-0.3, -0.25) is 10.1 Å². The molecule has 0 unspecified atom stereocenters. The van der Waals surface area contributed by atoms with Crippen molar-refractivity contribution in [3.63, 3.8) is 0 Å². The number of nitrogens with one attached hydrogen (secondary N) is 1. The van der Waals surface area contributed by atoms with Crippen LogP contribution in [0.3, 0.4) is 0 Å². The SMILES string of the molecule is C[C@@H]1CN(c2ccc(CNc3cc(N)ccc3[N+](=O)[O-])cc2F)C[C@@H](C)O1. The summed E-state index contributed by atoms with van der Waals surface area (Å²) in [5.74, 6) is -0.322. The molecular weight excluding hydrogens is 351 g/mol. The molecule has 1 aliphatic heterocycles. The second-order valence-electron chi connectivity index (χ2n) is 6.84. The van der Waals surface area contributed by atoms with Gasteiger partial charge in [0.15, 0.2) is 0 Å². The first-order valence-electron chi connectivity index (χ1n) is 8.80. The maximum absolute atomic E-state index is 14.6. The average Bonchev–Trinajstić information content (AvgIpc) is 2.59. The topological polar surface area (TPSA) is 93.7 Å². The van der Waals surface area contributed by atoms with Gasteiger partial charge in [0, 0.05) is 31.4 Å². The van der Waals surface area contributed by atoms with Crippen LogP contribution in [0.4, 0.5) is 27.1 Å². The lowest BCUT2D eigenvalue weighted by molar-refractivity contribution is -0.383. The molecule has 144 valence electrons. The second kappa shape index (κ2) is 7.79. The van der Waals surface area contributed by atoms with Gasteiger partial charge in [-0.2, -0.15) is 0 Å². The van der Waals surface area contributed by atoms with Crippen molar-refractivity contribution < 1.29 is 14.1 Å². The molecule has 0 amide bonds. The number of anilines is 3. The van der Waals surface area contributed by atoms with Gasteiger partial charge in [-0.05, 0) is 43.7 Å². The van der Waals surface area contributed by atoms with E-state index in [4.69, 9.17) is 10.5 Å². The maximum atomic E-state index is 14.6. The van der Waals surface area contributed by atoms with Crippen molar-refractivity contribution in [1.82, 2.24) is 0 Å². The fourth-order valence-corrected chi connectivity index (χ4v) is 3.34. The number of halogens is 1. The summed E-state index contributed by atoms with van der Waals surface area (Å²) in [4.78, 5) is 12.6. The van der Waals surface area contributed by atoms with Gasteiger partial charge in [-0.25, -0.2) is 4.39 Å². The lowest BCUT2D eigenvalue weighted by Crippen LogP contribution is -2.45. The van der Waals surface area contributed by atoms with E-state index in [9.17, 15) is 14.5 Å². The fourth-order valence-electron chi connectivity index (χ4n) is 3.34. The summed E-state index contributed by atoms with van der Waals surface area (Å²) in [6.07, 6.45) is 0.0807. The van der Waals surface area contributed by atoms with E-state index < -0.39 is 4.92 Å². The molecule has 0 bridgehead atoms. The number of hydrogen-bond donors (Lipinski definition) is 2. The van der Waals surface area contributed by atoms with Crippen LogP contribution in [0, 0.1) is 15.9 Å². The highest BCUT2D eigenvalue weighted by Gasteiger charge is 2.24. The number of nitro benzene ring substituents is 1. The number of nitrogen functional groups attached to an aromatic ring is 1. The number of nitrogens with two attached hydrogens (primary N) is 1. The van der Waals surface area contributed by atoms with Gasteiger partial charge in [-0.1, -0.05) is 6.07 Å². The van der Waals surface area contributed by atoms with Gasteiger partial charge in [0.05, 0.1) is 22.8 Å². The smallest absolute Gasteiger partial charge is 0.292 e. The summed E-state index contributed by atoms with van der Waals surface area (Å²) >= 11 is 0. The highest BCUT2D eigenvalue weighted by atomic mass is 19.1. The van der Waals surface area contributed by atoms with Gasteiger partial charge in [0.25, 0.3) is 5.69 Å². The Morgan fingerprint density at radius 2 is 1.96 bits per heavy atom. The molecule has 0 radical (unpaired) electrons. The third kappa shape index (κ3) is 4.46. The first-order valence-corrected chi connectivity index (χ1v) is 8.80. The summed E-state index contributed by atoms with van der Waals surface area (Å²) in [5, 5.41) is 14.1. The lowest BCUT2D eigenvalue weighted by atomic mass is 10.1. The van der Waals surface area contributed by atoms with Crippen molar-refractivity contribution in [2.75, 3.05) is 29.0 Å². The minimum atomic E-state index is -0.480. The van der Waals surface area contributed by atoms with E-state index in [1.165, 1.54) is 24.3 Å². The second-order valence-corrected chi connectivity index (χ2v) is 6.84. The van der Waals surface area contributed by atoms with E-state index in [1.54, 1.807) is 6.07 Å². The highest BCUT2D eigenvalue weighted by Crippen LogP contribution is 2.28. The Hall–Kier alpha value is -2.87. The predicted molar refractivity (Wildman–Crippen MR) is 103 cm³/mol. The van der Waals surface area contributed by atoms with Crippen LogP contribution in [-0.2, 0) is 11.3 Å². The van der Waals surface area contributed by atoms with Gasteiger partial charge in [-0.15, -0.1) is 0 Å². The number of nitro groups is 1. The Morgan fingerprint density at radius 1 is 1.26 bits per heavy atom. The molecule has 2 atom stereocenters. The molecule has 0 aromatic heterocycles. The Morgan fingerprint density at radius 3 is 2.59 bits per heavy atom. The van der Waals surface area contributed by atoms with Gasteiger partial charge in [0.2, 0.25) is 0 Å². The standard InChI is InChI=1S/C19H23FN4O3/c1-12-10-23(11-13(2)27-12)18-5-3-14(7-16(18)20)9-22-17-8-15(21)4-6-19(17)24(25)26/h3-8,12-13,22H,9-11,21H2,1-2H3/t12-,13-/m1/s1. The molecule has 3 rings (SSSR count). The molecule has 1 aliphatic rings. The van der Waals surface area contributed by atoms with Crippen molar-refractivity contribution in [2.24, 2.45) is 0 Å². The van der Waals surface area contributed by atoms with E-state index >= 15 is 0 Å². The first kappa shape index (κ1) is 18.9. The van der Waals surface area contributed by atoms with E-state index in [2.05, 4.69) is 5.32 Å². The van der Waals surface area contributed by atoms with Crippen molar-refractivity contribution in [3.8, 4) is 0 Å². The summed E-state index contributed by atoms with van der Waals surface area (Å²) in [5.41, 5.74) is 7.58. The normalized spacial score (nSPS) is 19.7. The molecule has 8 heteroatoms. The molecule has 1 saturated heterocycles. The predicted octanol–water partition coefficient (Wildman–Crippen LogP) is 3.54. The number of morpholine rings is 1. The van der Waals surface area contributed by atoms with Crippen molar-refractivity contribution in [3.05, 3.63) is 57.9 Å². The number of hydrogen-bond acceptors (Lipinski definition) is 6. The summed E-state index contributed by atoms with van der Waals surface area (Å²) in [7, 11) is 0. The van der Waals surface area contributed by atoms with Crippen molar-refractivity contribution >= 4 is 22.7 Å². The minimum absolute atomic E-state index is 0.0404. The molecule has 27 heavy (non-hydrogen) atoms. The summed E-state index contributed by atoms with van der Waals surface area (Å²) in [6, 6.07) is 9.33. The number of ether oxygens (including phenoxy) is 1. The van der Waals surface area contributed by atoms with Crippen LogP contribution in [0.25, 0.3) is 0 Å². The Kier molecular flexibility index (Phi) is 5.46. The third-order valence-corrected chi connectivity index (χ3v) is 4.47. The Bertz CT molecular complexity index is 836. The minimum Gasteiger partial charge on any atom is -0.399 e. The molecule has 1 fully saturated rings. The van der Waals surface area contributed by atoms with E-state index in [0.29, 0.717) is 35.7 Å². The summed E-state index contributed by atoms with van der Waals surface area (Å²) < 4.78 is 20.3. The average molecular weight is 374 g/mol. The number of benzene rings is 2. The molecule has 2 aromatic rings. The molecule has 1 heterocycles. The third-order valence-electron chi connectivity index (χ3n) is 4.47. The summed E-state index contributed by atoms with van der Waals surface area (Å²) in [6.45, 7) is 5.45.